The molecule has 0 unspecified atom stereocenters. The van der Waals surface area contributed by atoms with Gasteiger partial charge in [0.05, 0.1) is 10.7 Å². The molecule has 0 atom stereocenters. The fourth-order valence-corrected chi connectivity index (χ4v) is 3.30. The molecule has 1 saturated heterocycles. The summed E-state index contributed by atoms with van der Waals surface area (Å²) in [4.78, 5) is 23.9. The van der Waals surface area contributed by atoms with E-state index in [1.807, 2.05) is 0 Å². The van der Waals surface area contributed by atoms with Crippen molar-refractivity contribution >= 4 is 69.8 Å². The summed E-state index contributed by atoms with van der Waals surface area (Å²) >= 11 is 23.7. The predicted octanol–water partition coefficient (Wildman–Crippen LogP) is 4.75. The van der Waals surface area contributed by atoms with Crippen LogP contribution < -0.4 is 4.90 Å². The number of nitrogens with zero attached hydrogens (tertiary/aromatic N) is 2. The molecule has 0 aliphatic carbocycles. The summed E-state index contributed by atoms with van der Waals surface area (Å²) in [5.41, 5.74) is -0.0867. The summed E-state index contributed by atoms with van der Waals surface area (Å²) < 4.78 is -0.447. The highest BCUT2D eigenvalue weighted by molar-refractivity contribution is 8.04. The lowest BCUT2D eigenvalue weighted by Gasteiger charge is -2.17. The quantitative estimate of drug-likeness (QED) is 0.543. The number of nitro groups is 1. The lowest BCUT2D eigenvalue weighted by atomic mass is 10.3. The highest BCUT2D eigenvalue weighted by Gasteiger charge is 2.37. The number of carbonyl (C=O) groups is 1. The van der Waals surface area contributed by atoms with Gasteiger partial charge < -0.3 is 0 Å². The van der Waals surface area contributed by atoms with Crippen LogP contribution in [-0.4, -0.2) is 16.6 Å². The molecule has 2 rings (SSSR count). The maximum atomic E-state index is 12.1. The Morgan fingerprint density at radius 3 is 2.32 bits per heavy atom. The molecule has 0 saturated carbocycles. The second-order valence-corrected chi connectivity index (χ2v) is 6.71. The monoisotopic (exact) mass is 398 g/mol. The van der Waals surface area contributed by atoms with Crippen molar-refractivity contribution in [2.75, 3.05) is 10.7 Å². The fraction of sp³-hybridized carbons (Fsp3) is 0.0833. The van der Waals surface area contributed by atoms with Crippen molar-refractivity contribution in [3.05, 3.63) is 59.7 Å². The third-order valence-electron chi connectivity index (χ3n) is 2.63. The van der Waals surface area contributed by atoms with Crippen LogP contribution in [0.5, 0.6) is 0 Å². The normalized spacial score (nSPS) is 16.7. The molecule has 22 heavy (non-hydrogen) atoms. The van der Waals surface area contributed by atoms with Gasteiger partial charge in [-0.05, 0) is 24.3 Å². The average Bonchev–Trinajstić information content (AvgIpc) is 2.81. The first kappa shape index (κ1) is 17.4. The second-order valence-electron chi connectivity index (χ2n) is 3.98. The smallest absolute Gasteiger partial charge is 0.273 e. The SMILES string of the molecule is O=C1CSC(=C(C(Cl)=C(Cl)Cl)[N+](=O)[O-])N1c1ccc(Cl)cc1. The van der Waals surface area contributed by atoms with E-state index in [2.05, 4.69) is 0 Å². The number of hydrogen-bond donors (Lipinski definition) is 0. The summed E-state index contributed by atoms with van der Waals surface area (Å²) in [5, 5.41) is 11.4. The zero-order valence-electron chi connectivity index (χ0n) is 10.6. The van der Waals surface area contributed by atoms with Gasteiger partial charge in [0.15, 0.2) is 10.1 Å². The molecule has 1 amide bonds. The van der Waals surface area contributed by atoms with Gasteiger partial charge in [-0.2, -0.15) is 0 Å². The van der Waals surface area contributed by atoms with E-state index in [0.29, 0.717) is 10.7 Å². The van der Waals surface area contributed by atoms with Crippen molar-refractivity contribution in [2.45, 2.75) is 0 Å². The molecular weight excluding hydrogens is 394 g/mol. The van der Waals surface area contributed by atoms with Gasteiger partial charge in [-0.3, -0.25) is 19.8 Å². The maximum Gasteiger partial charge on any atom is 0.320 e. The van der Waals surface area contributed by atoms with Crippen LogP contribution in [0.3, 0.4) is 0 Å². The van der Waals surface area contributed by atoms with E-state index >= 15 is 0 Å². The molecule has 5 nitrogen and oxygen atoms in total. The highest BCUT2D eigenvalue weighted by atomic mass is 35.5. The third-order valence-corrected chi connectivity index (χ3v) is 4.86. The number of benzene rings is 1. The van der Waals surface area contributed by atoms with Crippen LogP contribution in [0.4, 0.5) is 5.69 Å². The van der Waals surface area contributed by atoms with Crippen molar-refractivity contribution in [1.82, 2.24) is 0 Å². The van der Waals surface area contributed by atoms with Crippen LogP contribution in [0.15, 0.2) is 44.5 Å². The van der Waals surface area contributed by atoms with Crippen molar-refractivity contribution in [3.63, 3.8) is 0 Å². The minimum absolute atomic E-state index is 0.0410. The molecule has 0 aromatic heterocycles. The Bertz CT molecular complexity index is 699. The van der Waals surface area contributed by atoms with Gasteiger partial charge in [0.2, 0.25) is 5.91 Å². The lowest BCUT2D eigenvalue weighted by molar-refractivity contribution is -0.420. The molecule has 1 aromatic rings. The largest absolute Gasteiger partial charge is 0.320 e. The van der Waals surface area contributed by atoms with Crippen LogP contribution >= 0.6 is 58.2 Å². The van der Waals surface area contributed by atoms with E-state index in [1.54, 1.807) is 24.3 Å². The Balaban J connectivity index is 2.63. The fourth-order valence-electron chi connectivity index (χ4n) is 1.74. The predicted molar refractivity (Wildman–Crippen MR) is 90.0 cm³/mol. The van der Waals surface area contributed by atoms with E-state index < -0.39 is 20.1 Å². The Morgan fingerprint density at radius 2 is 1.82 bits per heavy atom. The standard InChI is InChI=1S/C12H6Cl4N2O3S/c13-6-1-3-7(4-2-6)17-8(19)5-22-12(17)10(18(20)21)9(14)11(15)16/h1-4H,5H2. The topological polar surface area (TPSA) is 63.4 Å². The first-order valence-corrected chi connectivity index (χ1v) is 8.13. The molecular formula is C12H6Cl4N2O3S. The van der Waals surface area contributed by atoms with Crippen LogP contribution in [0.2, 0.25) is 5.02 Å². The number of halogens is 4. The molecule has 1 aliphatic heterocycles. The molecule has 0 N–H and O–H groups in total. The lowest BCUT2D eigenvalue weighted by Crippen LogP contribution is -2.25. The molecule has 1 heterocycles. The Labute approximate surface area is 149 Å². The maximum absolute atomic E-state index is 12.1. The Morgan fingerprint density at radius 1 is 1.23 bits per heavy atom. The summed E-state index contributed by atoms with van der Waals surface area (Å²) in [6.45, 7) is 0. The summed E-state index contributed by atoms with van der Waals surface area (Å²) in [5.74, 6) is -0.281. The molecule has 0 bridgehead atoms. The second kappa shape index (κ2) is 7.10. The van der Waals surface area contributed by atoms with E-state index in [1.165, 1.54) is 4.90 Å². The van der Waals surface area contributed by atoms with E-state index in [0.717, 1.165) is 11.8 Å². The molecule has 1 aliphatic rings. The Kier molecular flexibility index (Phi) is 5.63. The zero-order chi connectivity index (χ0) is 16.4. The van der Waals surface area contributed by atoms with Crippen molar-refractivity contribution in [2.24, 2.45) is 0 Å². The van der Waals surface area contributed by atoms with Gasteiger partial charge >= 0.3 is 5.70 Å². The minimum atomic E-state index is -0.725. The van der Waals surface area contributed by atoms with Crippen LogP contribution in [0.1, 0.15) is 0 Å². The number of thioether (sulfide) groups is 1. The zero-order valence-corrected chi connectivity index (χ0v) is 14.4. The number of hydrogen-bond acceptors (Lipinski definition) is 4. The number of rotatable bonds is 3. The third kappa shape index (κ3) is 3.52. The van der Waals surface area contributed by atoms with Gasteiger partial charge in [0.25, 0.3) is 0 Å². The number of carbonyl (C=O) groups excluding carboxylic acids is 1. The molecule has 10 heteroatoms. The van der Waals surface area contributed by atoms with Gasteiger partial charge in [-0.25, -0.2) is 0 Å². The molecule has 1 aromatic carbocycles. The van der Waals surface area contributed by atoms with Gasteiger partial charge in [-0.15, -0.1) is 0 Å². The van der Waals surface area contributed by atoms with Crippen molar-refractivity contribution < 1.29 is 9.72 Å². The summed E-state index contributed by atoms with van der Waals surface area (Å²) in [6, 6.07) is 6.29. The van der Waals surface area contributed by atoms with Gasteiger partial charge in [0.1, 0.15) is 4.49 Å². The van der Waals surface area contributed by atoms with E-state index in [-0.39, 0.29) is 16.7 Å². The van der Waals surface area contributed by atoms with Gasteiger partial charge in [-0.1, -0.05) is 58.2 Å². The van der Waals surface area contributed by atoms with Crippen LogP contribution in [0.25, 0.3) is 0 Å². The molecule has 1 fully saturated rings. The number of amides is 1. The minimum Gasteiger partial charge on any atom is -0.273 e. The number of allylic oxidation sites excluding steroid dienone is 1. The molecule has 116 valence electrons. The summed E-state index contributed by atoms with van der Waals surface area (Å²) in [7, 11) is 0. The molecule has 0 radical (unpaired) electrons. The summed E-state index contributed by atoms with van der Waals surface area (Å²) in [6.07, 6.45) is 0. The molecule has 0 spiro atoms. The van der Waals surface area contributed by atoms with E-state index in [4.69, 9.17) is 46.4 Å². The highest BCUT2D eigenvalue weighted by Crippen LogP contribution is 2.40. The van der Waals surface area contributed by atoms with Crippen molar-refractivity contribution in [1.29, 1.82) is 0 Å². The average molecular weight is 400 g/mol. The van der Waals surface area contributed by atoms with E-state index in [9.17, 15) is 14.9 Å². The van der Waals surface area contributed by atoms with Crippen LogP contribution in [-0.2, 0) is 4.79 Å². The van der Waals surface area contributed by atoms with Gasteiger partial charge in [0, 0.05) is 10.7 Å². The number of anilines is 1. The first-order chi connectivity index (χ1) is 10.3. The first-order valence-electron chi connectivity index (χ1n) is 5.64. The Hall–Kier alpha value is -0.920. The van der Waals surface area contributed by atoms with Crippen molar-refractivity contribution in [3.8, 4) is 0 Å². The van der Waals surface area contributed by atoms with Crippen LogP contribution in [0, 0.1) is 10.1 Å².